The van der Waals surface area contributed by atoms with Crippen LogP contribution < -0.4 is 0 Å². The van der Waals surface area contributed by atoms with Gasteiger partial charge in [-0.3, -0.25) is 0 Å². The minimum atomic E-state index is -3.31. The summed E-state index contributed by atoms with van der Waals surface area (Å²) < 4.78 is 42.3. The maximum Gasteiger partial charge on any atom is 0.340 e. The maximum atomic E-state index is 13.3. The van der Waals surface area contributed by atoms with Gasteiger partial charge in [0.1, 0.15) is 11.4 Å². The molecule has 0 radical (unpaired) electrons. The number of carbonyl (C=O) groups excluding carboxylic acids is 1. The summed E-state index contributed by atoms with van der Waals surface area (Å²) in [4.78, 5) is 12.8. The lowest BCUT2D eigenvalue weighted by atomic mass is 9.84. The fourth-order valence-corrected chi connectivity index (χ4v) is 3.75. The van der Waals surface area contributed by atoms with Gasteiger partial charge in [0, 0.05) is 11.8 Å². The van der Waals surface area contributed by atoms with Crippen LogP contribution in [-0.4, -0.2) is 26.2 Å². The highest BCUT2D eigenvalue weighted by molar-refractivity contribution is 7.90. The molecule has 1 heterocycles. The molecule has 0 bridgehead atoms. The molecule has 0 saturated heterocycles. The van der Waals surface area contributed by atoms with Crippen LogP contribution in [0.15, 0.2) is 53.4 Å². The van der Waals surface area contributed by atoms with E-state index in [4.69, 9.17) is 4.74 Å². The molecule has 0 fully saturated rings. The van der Waals surface area contributed by atoms with Crippen LogP contribution in [0.3, 0.4) is 0 Å². The second-order valence-electron chi connectivity index (χ2n) is 6.53. The Balaban J connectivity index is 2.22. The fourth-order valence-electron chi connectivity index (χ4n) is 3.12. The Morgan fingerprint density at radius 2 is 1.54 bits per heavy atom. The normalized spacial score (nSPS) is 20.4. The van der Waals surface area contributed by atoms with E-state index in [1.807, 2.05) is 13.8 Å². The Bertz CT molecular complexity index is 989. The van der Waals surface area contributed by atoms with Gasteiger partial charge in [-0.05, 0) is 48.7 Å². The lowest BCUT2D eigenvalue weighted by Crippen LogP contribution is -2.26. The van der Waals surface area contributed by atoms with Crippen molar-refractivity contribution in [2.45, 2.75) is 30.8 Å². The summed E-state index contributed by atoms with van der Waals surface area (Å²) in [5.41, 5.74) is 1.48. The standard InChI is InChI=1S/C20H19FO4S/c1-4-20(2)18(14-7-11-16(12-8-14)26(3,23)24)17(19(22)25-20)13-5-9-15(21)10-6-13/h5-12H,4H2,1-3H3/t20-/m1/s1. The van der Waals surface area contributed by atoms with Crippen LogP contribution in [0.5, 0.6) is 0 Å². The molecule has 0 saturated carbocycles. The smallest absolute Gasteiger partial charge is 0.340 e. The fraction of sp³-hybridized carbons (Fsp3) is 0.250. The molecule has 0 spiro atoms. The quantitative estimate of drug-likeness (QED) is 0.763. The van der Waals surface area contributed by atoms with Gasteiger partial charge in [-0.15, -0.1) is 0 Å². The molecule has 0 unspecified atom stereocenters. The number of rotatable bonds is 4. The minimum absolute atomic E-state index is 0.202. The lowest BCUT2D eigenvalue weighted by molar-refractivity contribution is -0.143. The molecule has 0 amide bonds. The molecule has 2 aromatic carbocycles. The van der Waals surface area contributed by atoms with Crippen molar-refractivity contribution in [3.8, 4) is 0 Å². The molecule has 2 aromatic rings. The Morgan fingerprint density at radius 1 is 1.00 bits per heavy atom. The number of ether oxygens (including phenoxy) is 1. The monoisotopic (exact) mass is 374 g/mol. The average molecular weight is 374 g/mol. The average Bonchev–Trinajstić information content (AvgIpc) is 2.86. The largest absolute Gasteiger partial charge is 0.451 e. The number of hydrogen-bond donors (Lipinski definition) is 0. The number of carbonyl (C=O) groups is 1. The number of esters is 1. The third-order valence-electron chi connectivity index (χ3n) is 4.68. The SMILES string of the molecule is CC[C@@]1(C)OC(=O)C(c2ccc(F)cc2)=C1c1ccc(S(C)(=O)=O)cc1. The summed E-state index contributed by atoms with van der Waals surface area (Å²) in [5.74, 6) is -0.860. The van der Waals surface area contributed by atoms with E-state index in [2.05, 4.69) is 0 Å². The molecule has 6 heteroatoms. The van der Waals surface area contributed by atoms with E-state index in [0.29, 0.717) is 28.7 Å². The van der Waals surface area contributed by atoms with Crippen LogP contribution >= 0.6 is 0 Å². The Hall–Kier alpha value is -2.47. The molecule has 1 aliphatic heterocycles. The predicted molar refractivity (Wildman–Crippen MR) is 97.6 cm³/mol. The second kappa shape index (κ2) is 6.36. The van der Waals surface area contributed by atoms with E-state index in [0.717, 1.165) is 6.26 Å². The van der Waals surface area contributed by atoms with Gasteiger partial charge in [0.2, 0.25) is 0 Å². The van der Waals surface area contributed by atoms with E-state index < -0.39 is 27.2 Å². The van der Waals surface area contributed by atoms with Crippen LogP contribution in [0.1, 0.15) is 31.4 Å². The first-order valence-electron chi connectivity index (χ1n) is 8.20. The van der Waals surface area contributed by atoms with Crippen LogP contribution in [0.2, 0.25) is 0 Å². The first-order valence-corrected chi connectivity index (χ1v) is 10.1. The van der Waals surface area contributed by atoms with Crippen LogP contribution in [0, 0.1) is 5.82 Å². The Morgan fingerprint density at radius 3 is 2.04 bits per heavy atom. The van der Waals surface area contributed by atoms with Gasteiger partial charge in [-0.25, -0.2) is 17.6 Å². The highest BCUT2D eigenvalue weighted by Gasteiger charge is 2.43. The number of benzene rings is 2. The van der Waals surface area contributed by atoms with Gasteiger partial charge in [0.15, 0.2) is 9.84 Å². The Kier molecular flexibility index (Phi) is 4.48. The summed E-state index contributed by atoms with van der Waals surface area (Å²) in [6.45, 7) is 3.73. The van der Waals surface area contributed by atoms with Gasteiger partial charge >= 0.3 is 5.97 Å². The second-order valence-corrected chi connectivity index (χ2v) is 8.54. The molecule has 136 valence electrons. The van der Waals surface area contributed by atoms with Gasteiger partial charge in [0.25, 0.3) is 0 Å². The summed E-state index contributed by atoms with van der Waals surface area (Å²) in [5, 5.41) is 0. The molecule has 4 nitrogen and oxygen atoms in total. The zero-order valence-electron chi connectivity index (χ0n) is 14.7. The number of cyclic esters (lactones) is 1. The zero-order chi connectivity index (χ0) is 19.1. The number of halogens is 1. The van der Waals surface area contributed by atoms with E-state index in [1.54, 1.807) is 12.1 Å². The molecule has 0 aliphatic carbocycles. The highest BCUT2D eigenvalue weighted by Crippen LogP contribution is 2.45. The van der Waals surface area contributed by atoms with Crippen LogP contribution in [0.4, 0.5) is 4.39 Å². The molecular formula is C20H19FO4S. The summed E-state index contributed by atoms with van der Waals surface area (Å²) in [6.07, 6.45) is 1.69. The van der Waals surface area contributed by atoms with E-state index in [9.17, 15) is 17.6 Å². The maximum absolute atomic E-state index is 13.3. The van der Waals surface area contributed by atoms with Gasteiger partial charge in [-0.1, -0.05) is 31.2 Å². The van der Waals surface area contributed by atoms with Crippen molar-refractivity contribution in [1.29, 1.82) is 0 Å². The zero-order valence-corrected chi connectivity index (χ0v) is 15.6. The number of hydrogen-bond acceptors (Lipinski definition) is 4. The number of sulfone groups is 1. The first kappa shape index (κ1) is 18.3. The van der Waals surface area contributed by atoms with Crippen molar-refractivity contribution in [3.63, 3.8) is 0 Å². The molecule has 0 aromatic heterocycles. The first-order chi connectivity index (χ1) is 12.2. The third kappa shape index (κ3) is 3.17. The van der Waals surface area contributed by atoms with E-state index in [-0.39, 0.29) is 4.90 Å². The van der Waals surface area contributed by atoms with Gasteiger partial charge in [-0.2, -0.15) is 0 Å². The van der Waals surface area contributed by atoms with Crippen molar-refractivity contribution in [1.82, 2.24) is 0 Å². The third-order valence-corrected chi connectivity index (χ3v) is 5.81. The molecule has 1 atom stereocenters. The molecule has 0 N–H and O–H groups in total. The van der Waals surface area contributed by atoms with Crippen LogP contribution in [0.25, 0.3) is 11.1 Å². The predicted octanol–water partition coefficient (Wildman–Crippen LogP) is 3.87. The molecule has 3 rings (SSSR count). The van der Waals surface area contributed by atoms with Crippen molar-refractivity contribution < 1.29 is 22.3 Å². The molecular weight excluding hydrogens is 355 g/mol. The minimum Gasteiger partial charge on any atom is -0.451 e. The summed E-state index contributed by atoms with van der Waals surface area (Å²) in [6, 6.07) is 12.0. The molecule has 26 heavy (non-hydrogen) atoms. The Labute approximate surface area is 152 Å². The van der Waals surface area contributed by atoms with Crippen LogP contribution in [-0.2, 0) is 19.4 Å². The summed E-state index contributed by atoms with van der Waals surface area (Å²) in [7, 11) is -3.31. The van der Waals surface area contributed by atoms with Crippen molar-refractivity contribution in [2.75, 3.05) is 6.26 Å². The van der Waals surface area contributed by atoms with Crippen molar-refractivity contribution >= 4 is 27.0 Å². The topological polar surface area (TPSA) is 60.4 Å². The van der Waals surface area contributed by atoms with Crippen molar-refractivity contribution in [3.05, 3.63) is 65.5 Å². The van der Waals surface area contributed by atoms with E-state index >= 15 is 0 Å². The van der Waals surface area contributed by atoms with Gasteiger partial charge in [0.05, 0.1) is 10.5 Å². The summed E-state index contributed by atoms with van der Waals surface area (Å²) >= 11 is 0. The lowest BCUT2D eigenvalue weighted by Gasteiger charge is -2.25. The highest BCUT2D eigenvalue weighted by atomic mass is 32.2. The van der Waals surface area contributed by atoms with Gasteiger partial charge < -0.3 is 4.74 Å². The molecule has 1 aliphatic rings. The van der Waals surface area contributed by atoms with E-state index in [1.165, 1.54) is 36.4 Å². The van der Waals surface area contributed by atoms with Crippen molar-refractivity contribution in [2.24, 2.45) is 0 Å².